The van der Waals surface area contributed by atoms with Gasteiger partial charge in [-0.3, -0.25) is 15.0 Å². The van der Waals surface area contributed by atoms with E-state index in [4.69, 9.17) is 23.2 Å². The van der Waals surface area contributed by atoms with Crippen LogP contribution in [0.2, 0.25) is 10.0 Å². The fourth-order valence-corrected chi connectivity index (χ4v) is 4.00. The molecule has 1 saturated heterocycles. The smallest absolute Gasteiger partial charge is 0.259 e. The van der Waals surface area contributed by atoms with Gasteiger partial charge < -0.3 is 0 Å². The van der Waals surface area contributed by atoms with Crippen molar-refractivity contribution >= 4 is 45.6 Å². The maximum Gasteiger partial charge on any atom is 0.259 e. The number of carbonyl (C=O) groups excluding carboxylic acids is 1. The third-order valence-electron chi connectivity index (χ3n) is 4.07. The summed E-state index contributed by atoms with van der Waals surface area (Å²) in [6.45, 7) is 5.33. The number of benzene rings is 1. The predicted molar refractivity (Wildman–Crippen MR) is 100 cm³/mol. The van der Waals surface area contributed by atoms with Gasteiger partial charge in [0.2, 0.25) is 0 Å². The topological polar surface area (TPSA) is 45.2 Å². The van der Waals surface area contributed by atoms with Crippen molar-refractivity contribution in [3.05, 3.63) is 44.9 Å². The number of nitrogens with one attached hydrogen (secondary N) is 1. The second-order valence-corrected chi connectivity index (χ2v) is 7.91. The third-order valence-corrected chi connectivity index (χ3v) is 5.44. The summed E-state index contributed by atoms with van der Waals surface area (Å²) in [6, 6.07) is 4.83. The number of likely N-dealkylation sites (tertiary alicyclic amines) is 1. The first-order chi connectivity index (χ1) is 11.5. The SMILES string of the molecule is C[C@H]1CCCN(Cc2csc(NC(=O)c3cc(Cl)ccc3Cl)n2)C1. The maximum atomic E-state index is 12.3. The van der Waals surface area contributed by atoms with E-state index in [0.29, 0.717) is 20.7 Å². The quantitative estimate of drug-likeness (QED) is 0.813. The molecule has 1 N–H and O–H groups in total. The molecule has 0 bridgehead atoms. The number of thiazole rings is 1. The van der Waals surface area contributed by atoms with Gasteiger partial charge in [-0.05, 0) is 43.5 Å². The first-order valence-electron chi connectivity index (χ1n) is 7.94. The lowest BCUT2D eigenvalue weighted by atomic mass is 10.0. The highest BCUT2D eigenvalue weighted by atomic mass is 35.5. The molecule has 24 heavy (non-hydrogen) atoms. The Kier molecular flexibility index (Phi) is 5.76. The molecule has 1 aromatic heterocycles. The lowest BCUT2D eigenvalue weighted by molar-refractivity contribution is 0.102. The molecule has 0 spiro atoms. The van der Waals surface area contributed by atoms with E-state index < -0.39 is 0 Å². The molecule has 2 heterocycles. The second kappa shape index (κ2) is 7.83. The van der Waals surface area contributed by atoms with Crippen LogP contribution in [0.5, 0.6) is 0 Å². The van der Waals surface area contributed by atoms with Crippen molar-refractivity contribution in [1.82, 2.24) is 9.88 Å². The highest BCUT2D eigenvalue weighted by Gasteiger charge is 2.18. The first-order valence-corrected chi connectivity index (χ1v) is 9.58. The van der Waals surface area contributed by atoms with E-state index in [2.05, 4.69) is 22.1 Å². The number of carbonyl (C=O) groups is 1. The van der Waals surface area contributed by atoms with Crippen LogP contribution in [0, 0.1) is 5.92 Å². The standard InChI is InChI=1S/C17H19Cl2N3OS/c1-11-3-2-6-22(8-11)9-13-10-24-17(20-13)21-16(23)14-7-12(18)4-5-15(14)19/h4-5,7,10-11H,2-3,6,8-9H2,1H3,(H,20,21,23)/t11-/m0/s1. The first kappa shape index (κ1) is 17.7. The van der Waals surface area contributed by atoms with Crippen LogP contribution >= 0.6 is 34.5 Å². The summed E-state index contributed by atoms with van der Waals surface area (Å²) in [7, 11) is 0. The Morgan fingerprint density at radius 3 is 3.08 bits per heavy atom. The van der Waals surface area contributed by atoms with Crippen LogP contribution in [0.4, 0.5) is 5.13 Å². The van der Waals surface area contributed by atoms with Crippen LogP contribution in [-0.2, 0) is 6.54 Å². The molecular formula is C17H19Cl2N3OS. The van der Waals surface area contributed by atoms with Crippen molar-refractivity contribution in [2.75, 3.05) is 18.4 Å². The van der Waals surface area contributed by atoms with Gasteiger partial charge in [0.05, 0.1) is 16.3 Å². The van der Waals surface area contributed by atoms with Crippen LogP contribution in [0.15, 0.2) is 23.6 Å². The van der Waals surface area contributed by atoms with Crippen LogP contribution < -0.4 is 5.32 Å². The fourth-order valence-electron chi connectivity index (χ4n) is 2.93. The van der Waals surface area contributed by atoms with E-state index in [-0.39, 0.29) is 5.91 Å². The average Bonchev–Trinajstić information content (AvgIpc) is 2.96. The van der Waals surface area contributed by atoms with Gasteiger partial charge in [0.25, 0.3) is 5.91 Å². The zero-order valence-electron chi connectivity index (χ0n) is 13.4. The number of anilines is 1. The fraction of sp³-hybridized carbons (Fsp3) is 0.412. The highest BCUT2D eigenvalue weighted by Crippen LogP contribution is 2.24. The summed E-state index contributed by atoms with van der Waals surface area (Å²) in [5, 5.41) is 6.22. The van der Waals surface area contributed by atoms with Gasteiger partial charge in [-0.1, -0.05) is 30.1 Å². The molecule has 3 rings (SSSR count). The molecule has 0 unspecified atom stereocenters. The minimum Gasteiger partial charge on any atom is -0.298 e. The number of hydrogen-bond acceptors (Lipinski definition) is 4. The minimum atomic E-state index is -0.296. The van der Waals surface area contributed by atoms with E-state index in [1.54, 1.807) is 18.2 Å². The summed E-state index contributed by atoms with van der Waals surface area (Å²) in [6.07, 6.45) is 2.54. The molecule has 1 amide bonds. The molecule has 0 saturated carbocycles. The summed E-state index contributed by atoms with van der Waals surface area (Å²) in [5.74, 6) is 0.441. The zero-order valence-corrected chi connectivity index (χ0v) is 15.7. The Hall–Kier alpha value is -1.14. The number of nitrogens with zero attached hydrogens (tertiary/aromatic N) is 2. The Labute approximate surface area is 155 Å². The van der Waals surface area contributed by atoms with Crippen molar-refractivity contribution in [3.63, 3.8) is 0 Å². The van der Waals surface area contributed by atoms with Crippen LogP contribution in [-0.4, -0.2) is 28.9 Å². The summed E-state index contributed by atoms with van der Waals surface area (Å²) in [4.78, 5) is 19.3. The molecule has 1 fully saturated rings. The second-order valence-electron chi connectivity index (χ2n) is 6.20. The van der Waals surface area contributed by atoms with E-state index in [9.17, 15) is 4.79 Å². The normalized spacial score (nSPS) is 18.5. The zero-order chi connectivity index (χ0) is 17.1. The van der Waals surface area contributed by atoms with E-state index in [0.717, 1.165) is 31.2 Å². The Balaban J connectivity index is 1.63. The summed E-state index contributed by atoms with van der Waals surface area (Å²) >= 11 is 13.4. The van der Waals surface area contributed by atoms with Crippen molar-refractivity contribution < 1.29 is 4.79 Å². The monoisotopic (exact) mass is 383 g/mol. The van der Waals surface area contributed by atoms with Gasteiger partial charge in [0, 0.05) is 23.5 Å². The lowest BCUT2D eigenvalue weighted by Gasteiger charge is -2.30. The number of piperidine rings is 1. The lowest BCUT2D eigenvalue weighted by Crippen LogP contribution is -2.33. The number of aromatic nitrogens is 1. The molecule has 4 nitrogen and oxygen atoms in total. The molecule has 0 radical (unpaired) electrons. The van der Waals surface area contributed by atoms with Gasteiger partial charge in [0.15, 0.2) is 5.13 Å². The molecule has 0 aliphatic carbocycles. The van der Waals surface area contributed by atoms with Crippen molar-refractivity contribution in [2.24, 2.45) is 5.92 Å². The maximum absolute atomic E-state index is 12.3. The molecule has 1 aromatic carbocycles. The van der Waals surface area contributed by atoms with Crippen molar-refractivity contribution in [2.45, 2.75) is 26.3 Å². The highest BCUT2D eigenvalue weighted by molar-refractivity contribution is 7.14. The number of amides is 1. The third kappa shape index (κ3) is 4.48. The molecular weight excluding hydrogens is 365 g/mol. The predicted octanol–water partition coefficient (Wildman–Crippen LogP) is 4.93. The van der Waals surface area contributed by atoms with Gasteiger partial charge >= 0.3 is 0 Å². The number of rotatable bonds is 4. The molecule has 1 aliphatic heterocycles. The molecule has 1 aliphatic rings. The largest absolute Gasteiger partial charge is 0.298 e. The van der Waals surface area contributed by atoms with Gasteiger partial charge in [-0.2, -0.15) is 0 Å². The Morgan fingerprint density at radius 2 is 2.29 bits per heavy atom. The van der Waals surface area contributed by atoms with Crippen LogP contribution in [0.1, 0.15) is 35.8 Å². The van der Waals surface area contributed by atoms with Gasteiger partial charge in [0.1, 0.15) is 0 Å². The van der Waals surface area contributed by atoms with Crippen LogP contribution in [0.3, 0.4) is 0 Å². The summed E-state index contributed by atoms with van der Waals surface area (Å²) < 4.78 is 0. The van der Waals surface area contributed by atoms with Crippen molar-refractivity contribution in [3.8, 4) is 0 Å². The number of halogens is 2. The van der Waals surface area contributed by atoms with Gasteiger partial charge in [-0.15, -0.1) is 11.3 Å². The Bertz CT molecular complexity index is 734. The molecule has 7 heteroatoms. The minimum absolute atomic E-state index is 0.296. The van der Waals surface area contributed by atoms with Crippen LogP contribution in [0.25, 0.3) is 0 Å². The summed E-state index contributed by atoms with van der Waals surface area (Å²) in [5.41, 5.74) is 1.34. The molecule has 2 aromatic rings. The van der Waals surface area contributed by atoms with E-state index in [1.807, 2.05) is 5.38 Å². The Morgan fingerprint density at radius 1 is 1.46 bits per heavy atom. The average molecular weight is 384 g/mol. The van der Waals surface area contributed by atoms with E-state index >= 15 is 0 Å². The van der Waals surface area contributed by atoms with Crippen molar-refractivity contribution in [1.29, 1.82) is 0 Å². The number of hydrogen-bond donors (Lipinski definition) is 1. The molecule has 1 atom stereocenters. The van der Waals surface area contributed by atoms with E-state index in [1.165, 1.54) is 24.2 Å². The molecule has 128 valence electrons. The van der Waals surface area contributed by atoms with Gasteiger partial charge in [-0.25, -0.2) is 4.98 Å².